The number of fused-ring (bicyclic) bond motifs is 1. The Morgan fingerprint density at radius 2 is 1.75 bits per heavy atom. The highest BCUT2D eigenvalue weighted by molar-refractivity contribution is 6.31. The minimum Gasteiger partial charge on any atom is -0.494 e. The lowest BCUT2D eigenvalue weighted by molar-refractivity contribution is -0.117. The van der Waals surface area contributed by atoms with Crippen molar-refractivity contribution in [1.82, 2.24) is 9.55 Å². The number of carbonyl (C=O) groups is 1. The molecule has 0 saturated carbocycles. The van der Waals surface area contributed by atoms with E-state index in [2.05, 4.69) is 48.7 Å². The van der Waals surface area contributed by atoms with Gasteiger partial charge in [0, 0.05) is 36.1 Å². The van der Waals surface area contributed by atoms with Gasteiger partial charge in [-0.15, -0.1) is 0 Å². The number of hydrogen-bond acceptors (Lipinski definition) is 3. The number of anilines is 1. The highest BCUT2D eigenvalue weighted by Gasteiger charge is 2.35. The van der Waals surface area contributed by atoms with E-state index in [1.807, 2.05) is 42.2 Å². The summed E-state index contributed by atoms with van der Waals surface area (Å²) in [4.78, 5) is 20.1. The number of aryl methyl sites for hydroxylation is 4. The van der Waals surface area contributed by atoms with Crippen LogP contribution in [0.1, 0.15) is 47.7 Å². The van der Waals surface area contributed by atoms with Crippen LogP contribution in [0.5, 0.6) is 5.75 Å². The maximum atomic E-state index is 13.1. The largest absolute Gasteiger partial charge is 0.494 e. The zero-order chi connectivity index (χ0) is 25.2. The lowest BCUT2D eigenvalue weighted by atomic mass is 10.1. The van der Waals surface area contributed by atoms with Gasteiger partial charge in [-0.2, -0.15) is 0 Å². The van der Waals surface area contributed by atoms with E-state index < -0.39 is 0 Å². The Balaban J connectivity index is 1.31. The highest BCUT2D eigenvalue weighted by Crippen LogP contribution is 2.36. The van der Waals surface area contributed by atoms with Gasteiger partial charge in [0.15, 0.2) is 0 Å². The molecule has 4 aromatic rings. The number of hydrogen-bond donors (Lipinski definition) is 0. The van der Waals surface area contributed by atoms with Crippen molar-refractivity contribution >= 4 is 34.2 Å². The first kappa shape index (κ1) is 24.4. The van der Waals surface area contributed by atoms with Gasteiger partial charge in [0.2, 0.25) is 5.91 Å². The lowest BCUT2D eigenvalue weighted by Crippen LogP contribution is -2.26. The van der Waals surface area contributed by atoms with Crippen LogP contribution >= 0.6 is 11.6 Å². The molecule has 0 aliphatic carbocycles. The molecule has 5 nitrogen and oxygen atoms in total. The third kappa shape index (κ3) is 4.85. The average molecular weight is 502 g/mol. The van der Waals surface area contributed by atoms with Crippen molar-refractivity contribution in [2.24, 2.45) is 0 Å². The third-order valence-corrected chi connectivity index (χ3v) is 7.48. The molecule has 5 rings (SSSR count). The molecule has 1 atom stereocenters. The van der Waals surface area contributed by atoms with Gasteiger partial charge in [-0.25, -0.2) is 4.98 Å². The van der Waals surface area contributed by atoms with E-state index >= 15 is 0 Å². The molecule has 1 aliphatic heterocycles. The van der Waals surface area contributed by atoms with Crippen molar-refractivity contribution in [3.63, 3.8) is 0 Å². The van der Waals surface area contributed by atoms with E-state index in [1.54, 1.807) is 0 Å². The van der Waals surface area contributed by atoms with Gasteiger partial charge in [-0.1, -0.05) is 41.9 Å². The van der Waals surface area contributed by atoms with Crippen LogP contribution in [-0.4, -0.2) is 28.6 Å². The second kappa shape index (κ2) is 10.4. The molecule has 1 unspecified atom stereocenters. The van der Waals surface area contributed by atoms with Gasteiger partial charge in [-0.05, 0) is 80.6 Å². The number of unbranched alkanes of at least 4 members (excludes halogenated alkanes) is 1. The maximum absolute atomic E-state index is 13.1. The quantitative estimate of drug-likeness (QED) is 0.244. The van der Waals surface area contributed by atoms with Crippen LogP contribution in [0.25, 0.3) is 11.0 Å². The minimum atomic E-state index is 0.0669. The maximum Gasteiger partial charge on any atom is 0.227 e. The van der Waals surface area contributed by atoms with E-state index in [4.69, 9.17) is 21.3 Å². The molecule has 1 aromatic heterocycles. The fourth-order valence-electron chi connectivity index (χ4n) is 5.24. The van der Waals surface area contributed by atoms with Crippen LogP contribution in [-0.2, 0) is 11.3 Å². The standard InChI is InChI=1S/C30H32ClN3O2/c1-20-9-8-10-21(2)29(20)34-19-23(18-28(34)35)30-32-26-11-4-5-12-27(26)33(30)15-6-7-16-36-24-13-14-25(31)22(3)17-24/h4-5,8-14,17,23H,6-7,15-16,18-19H2,1-3H3. The summed E-state index contributed by atoms with van der Waals surface area (Å²) < 4.78 is 8.26. The Bertz CT molecular complexity index is 1390. The molecular weight excluding hydrogens is 470 g/mol. The lowest BCUT2D eigenvalue weighted by Gasteiger charge is -2.21. The van der Waals surface area contributed by atoms with Crippen LogP contribution in [0.2, 0.25) is 5.02 Å². The number of benzene rings is 3. The van der Waals surface area contributed by atoms with Crippen molar-refractivity contribution in [1.29, 1.82) is 0 Å². The first-order chi connectivity index (χ1) is 17.4. The topological polar surface area (TPSA) is 47.4 Å². The first-order valence-corrected chi connectivity index (χ1v) is 13.0. The summed E-state index contributed by atoms with van der Waals surface area (Å²) in [7, 11) is 0. The molecule has 186 valence electrons. The number of rotatable bonds is 8. The van der Waals surface area contributed by atoms with Crippen LogP contribution in [0.3, 0.4) is 0 Å². The summed E-state index contributed by atoms with van der Waals surface area (Å²) in [6.07, 6.45) is 2.36. The Labute approximate surface area is 217 Å². The van der Waals surface area contributed by atoms with Crippen molar-refractivity contribution in [3.05, 3.63) is 88.2 Å². The van der Waals surface area contributed by atoms with Gasteiger partial charge >= 0.3 is 0 Å². The molecule has 0 N–H and O–H groups in total. The predicted octanol–water partition coefficient (Wildman–Crippen LogP) is 6.99. The van der Waals surface area contributed by atoms with E-state index in [0.717, 1.165) is 69.4 Å². The number of ether oxygens (including phenoxy) is 1. The Morgan fingerprint density at radius 3 is 2.53 bits per heavy atom. The van der Waals surface area contributed by atoms with Gasteiger partial charge in [0.05, 0.1) is 17.6 Å². The summed E-state index contributed by atoms with van der Waals surface area (Å²) in [5, 5.41) is 0.753. The molecular formula is C30H32ClN3O2. The van der Waals surface area contributed by atoms with E-state index in [9.17, 15) is 4.79 Å². The number of halogens is 1. The molecule has 0 radical (unpaired) electrons. The molecule has 2 heterocycles. The fourth-order valence-corrected chi connectivity index (χ4v) is 5.36. The van der Waals surface area contributed by atoms with E-state index in [-0.39, 0.29) is 11.8 Å². The summed E-state index contributed by atoms with van der Waals surface area (Å²) in [5.74, 6) is 2.09. The van der Waals surface area contributed by atoms with Crippen LogP contribution in [0.4, 0.5) is 5.69 Å². The Kier molecular flexibility index (Phi) is 7.01. The van der Waals surface area contributed by atoms with E-state index in [1.165, 1.54) is 0 Å². The highest BCUT2D eigenvalue weighted by atomic mass is 35.5. The van der Waals surface area contributed by atoms with Crippen molar-refractivity contribution < 1.29 is 9.53 Å². The molecule has 36 heavy (non-hydrogen) atoms. The molecule has 1 saturated heterocycles. The number of imidazole rings is 1. The number of nitrogens with zero attached hydrogens (tertiary/aromatic N) is 3. The van der Waals surface area contributed by atoms with Gasteiger partial charge in [-0.3, -0.25) is 4.79 Å². The second-order valence-corrected chi connectivity index (χ2v) is 10.1. The summed E-state index contributed by atoms with van der Waals surface area (Å²) >= 11 is 6.12. The minimum absolute atomic E-state index is 0.0669. The SMILES string of the molecule is Cc1cc(OCCCCn2c(C3CC(=O)N(c4c(C)cccc4C)C3)nc3ccccc32)ccc1Cl. The van der Waals surface area contributed by atoms with Crippen LogP contribution in [0, 0.1) is 20.8 Å². The number of aromatic nitrogens is 2. The summed E-state index contributed by atoms with van der Waals surface area (Å²) in [6.45, 7) is 8.28. The third-order valence-electron chi connectivity index (χ3n) is 7.06. The molecule has 1 amide bonds. The molecule has 6 heteroatoms. The zero-order valence-electron chi connectivity index (χ0n) is 21.1. The van der Waals surface area contributed by atoms with Gasteiger partial charge in [0.1, 0.15) is 11.6 Å². The van der Waals surface area contributed by atoms with Crippen molar-refractivity contribution in [3.8, 4) is 5.75 Å². The summed E-state index contributed by atoms with van der Waals surface area (Å²) in [5.41, 5.74) is 6.44. The number of para-hydroxylation sites is 3. The fraction of sp³-hybridized carbons (Fsp3) is 0.333. The second-order valence-electron chi connectivity index (χ2n) is 9.72. The monoisotopic (exact) mass is 501 g/mol. The molecule has 1 aliphatic rings. The number of amides is 1. The first-order valence-electron chi connectivity index (χ1n) is 12.6. The normalized spacial score (nSPS) is 15.7. The average Bonchev–Trinajstić information content (AvgIpc) is 3.41. The van der Waals surface area contributed by atoms with E-state index in [0.29, 0.717) is 19.6 Å². The molecule has 0 bridgehead atoms. The predicted molar refractivity (Wildman–Crippen MR) is 146 cm³/mol. The molecule has 0 spiro atoms. The van der Waals surface area contributed by atoms with Gasteiger partial charge < -0.3 is 14.2 Å². The van der Waals surface area contributed by atoms with Crippen LogP contribution < -0.4 is 9.64 Å². The smallest absolute Gasteiger partial charge is 0.227 e. The Hall–Kier alpha value is -3.31. The van der Waals surface area contributed by atoms with Crippen molar-refractivity contribution in [2.45, 2.75) is 52.5 Å². The number of carbonyl (C=O) groups excluding carboxylic acids is 1. The van der Waals surface area contributed by atoms with Crippen LogP contribution in [0.15, 0.2) is 60.7 Å². The molecule has 3 aromatic carbocycles. The zero-order valence-corrected chi connectivity index (χ0v) is 21.9. The molecule has 1 fully saturated rings. The Morgan fingerprint density at radius 1 is 0.972 bits per heavy atom. The summed E-state index contributed by atoms with van der Waals surface area (Å²) in [6, 6.07) is 20.2. The van der Waals surface area contributed by atoms with Gasteiger partial charge in [0.25, 0.3) is 0 Å². The van der Waals surface area contributed by atoms with Crippen molar-refractivity contribution in [2.75, 3.05) is 18.1 Å².